The standard InChI is InChI=1S/C15H28N2OS/c1-4-5-13(10-18-3)16-14-17-15(11-19-14)8-6-12(2)7-9-15/h12-13H,4-11H2,1-3H3,(H,16,17). The maximum Gasteiger partial charge on any atom is 0.157 e. The molecule has 110 valence electrons. The van der Waals surface area contributed by atoms with E-state index in [1.807, 2.05) is 11.8 Å². The molecule has 2 fully saturated rings. The van der Waals surface area contributed by atoms with E-state index in [0.29, 0.717) is 11.6 Å². The van der Waals surface area contributed by atoms with Crippen molar-refractivity contribution in [2.45, 2.75) is 64.0 Å². The Kier molecular flexibility index (Phi) is 5.58. The van der Waals surface area contributed by atoms with E-state index in [1.54, 1.807) is 7.11 Å². The smallest absolute Gasteiger partial charge is 0.157 e. The third kappa shape index (κ3) is 4.12. The predicted octanol–water partition coefficient (Wildman–Crippen LogP) is 3.44. The first-order valence-corrected chi connectivity index (χ1v) is 8.64. The molecule has 1 saturated heterocycles. The molecule has 0 radical (unpaired) electrons. The molecule has 4 heteroatoms. The van der Waals surface area contributed by atoms with Crippen LogP contribution in [0.4, 0.5) is 0 Å². The summed E-state index contributed by atoms with van der Waals surface area (Å²) in [7, 11) is 1.77. The van der Waals surface area contributed by atoms with Gasteiger partial charge in [-0.15, -0.1) is 0 Å². The predicted molar refractivity (Wildman–Crippen MR) is 84.0 cm³/mol. The Balaban J connectivity index is 1.92. The SMILES string of the molecule is CCCC(COC)N=C1NC2(CCC(C)CC2)CS1. The molecule has 3 nitrogen and oxygen atoms in total. The molecule has 1 saturated carbocycles. The van der Waals surface area contributed by atoms with Crippen LogP contribution in [0.2, 0.25) is 0 Å². The minimum atomic E-state index is 0.322. The molecule has 1 atom stereocenters. The van der Waals surface area contributed by atoms with Crippen molar-refractivity contribution in [1.82, 2.24) is 5.32 Å². The summed E-state index contributed by atoms with van der Waals surface area (Å²) in [6.07, 6.45) is 7.61. The molecule has 1 spiro atoms. The number of hydrogen-bond donors (Lipinski definition) is 1. The number of aliphatic imine (C=N–C) groups is 1. The summed E-state index contributed by atoms with van der Waals surface area (Å²) in [5.41, 5.74) is 0.347. The number of hydrogen-bond acceptors (Lipinski definition) is 3. The summed E-state index contributed by atoms with van der Waals surface area (Å²) in [5, 5.41) is 4.89. The van der Waals surface area contributed by atoms with Gasteiger partial charge in [0.25, 0.3) is 0 Å². The first kappa shape index (κ1) is 15.2. The number of thioether (sulfide) groups is 1. The Hall–Kier alpha value is -0.220. The van der Waals surface area contributed by atoms with Crippen molar-refractivity contribution >= 4 is 16.9 Å². The number of nitrogens with zero attached hydrogens (tertiary/aromatic N) is 1. The molecule has 1 aliphatic carbocycles. The van der Waals surface area contributed by atoms with Crippen LogP contribution in [0.15, 0.2) is 4.99 Å². The van der Waals surface area contributed by atoms with Crippen molar-refractivity contribution in [3.63, 3.8) is 0 Å². The van der Waals surface area contributed by atoms with Crippen LogP contribution in [0.3, 0.4) is 0 Å². The van der Waals surface area contributed by atoms with Crippen molar-refractivity contribution in [1.29, 1.82) is 0 Å². The normalized spacial score (nSPS) is 34.7. The molecule has 0 bridgehead atoms. The average Bonchev–Trinajstić information content (AvgIpc) is 2.77. The summed E-state index contributed by atoms with van der Waals surface area (Å²) < 4.78 is 5.27. The minimum Gasteiger partial charge on any atom is -0.382 e. The first-order chi connectivity index (χ1) is 9.17. The Bertz CT molecular complexity index is 305. The molecular formula is C15H28N2OS. The molecule has 0 aromatic rings. The molecule has 1 aliphatic heterocycles. The zero-order valence-electron chi connectivity index (χ0n) is 12.6. The first-order valence-electron chi connectivity index (χ1n) is 7.65. The molecule has 1 heterocycles. The lowest BCUT2D eigenvalue weighted by Crippen LogP contribution is -2.46. The van der Waals surface area contributed by atoms with Gasteiger partial charge in [0, 0.05) is 18.4 Å². The fourth-order valence-electron chi connectivity index (χ4n) is 3.04. The van der Waals surface area contributed by atoms with Crippen LogP contribution < -0.4 is 5.32 Å². The lowest BCUT2D eigenvalue weighted by molar-refractivity contribution is 0.177. The van der Waals surface area contributed by atoms with Gasteiger partial charge in [0.05, 0.1) is 12.6 Å². The van der Waals surface area contributed by atoms with Crippen LogP contribution in [0.1, 0.15) is 52.4 Å². The fraction of sp³-hybridized carbons (Fsp3) is 0.933. The summed E-state index contributed by atoms with van der Waals surface area (Å²) in [4.78, 5) is 4.87. The van der Waals surface area contributed by atoms with Gasteiger partial charge < -0.3 is 10.1 Å². The van der Waals surface area contributed by atoms with E-state index < -0.39 is 0 Å². The topological polar surface area (TPSA) is 33.6 Å². The van der Waals surface area contributed by atoms with Gasteiger partial charge in [-0.3, -0.25) is 4.99 Å². The van der Waals surface area contributed by atoms with Crippen molar-refractivity contribution in [3.8, 4) is 0 Å². The second-order valence-corrected chi connectivity index (χ2v) is 7.17. The third-order valence-corrected chi connectivity index (χ3v) is 5.55. The van der Waals surface area contributed by atoms with Crippen LogP contribution in [0, 0.1) is 5.92 Å². The van der Waals surface area contributed by atoms with Gasteiger partial charge in [-0.05, 0) is 38.0 Å². The molecule has 2 aliphatic rings. The number of ether oxygens (including phenoxy) is 1. The molecule has 0 aromatic carbocycles. The van der Waals surface area contributed by atoms with E-state index in [4.69, 9.17) is 9.73 Å². The zero-order chi connectivity index (χ0) is 13.7. The van der Waals surface area contributed by atoms with Crippen LogP contribution in [-0.2, 0) is 4.74 Å². The maximum absolute atomic E-state index is 5.27. The van der Waals surface area contributed by atoms with Crippen molar-refractivity contribution in [2.24, 2.45) is 10.9 Å². The lowest BCUT2D eigenvalue weighted by Gasteiger charge is -2.35. The summed E-state index contributed by atoms with van der Waals surface area (Å²) in [6, 6.07) is 0.322. The lowest BCUT2D eigenvalue weighted by atomic mass is 9.78. The van der Waals surface area contributed by atoms with Crippen LogP contribution in [0.5, 0.6) is 0 Å². The van der Waals surface area contributed by atoms with E-state index in [2.05, 4.69) is 19.2 Å². The zero-order valence-corrected chi connectivity index (χ0v) is 13.4. The highest BCUT2D eigenvalue weighted by molar-refractivity contribution is 8.14. The van der Waals surface area contributed by atoms with Crippen molar-refractivity contribution in [3.05, 3.63) is 0 Å². The highest BCUT2D eigenvalue weighted by Gasteiger charge is 2.39. The van der Waals surface area contributed by atoms with Gasteiger partial charge >= 0.3 is 0 Å². The minimum absolute atomic E-state index is 0.322. The van der Waals surface area contributed by atoms with E-state index in [9.17, 15) is 0 Å². The second kappa shape index (κ2) is 6.98. The molecule has 2 rings (SSSR count). The Morgan fingerprint density at radius 1 is 1.47 bits per heavy atom. The molecule has 0 aromatic heterocycles. The summed E-state index contributed by atoms with van der Waals surface area (Å²) in [6.45, 7) is 5.32. The van der Waals surface area contributed by atoms with Gasteiger partial charge in [0.1, 0.15) is 0 Å². The third-order valence-electron chi connectivity index (χ3n) is 4.37. The van der Waals surface area contributed by atoms with Gasteiger partial charge in [-0.25, -0.2) is 0 Å². The molecular weight excluding hydrogens is 256 g/mol. The number of amidine groups is 1. The van der Waals surface area contributed by atoms with Gasteiger partial charge in [0.15, 0.2) is 5.17 Å². The second-order valence-electron chi connectivity index (χ2n) is 6.21. The number of methoxy groups -OCH3 is 1. The van der Waals surface area contributed by atoms with E-state index in [0.717, 1.165) is 30.5 Å². The highest BCUT2D eigenvalue weighted by Crippen LogP contribution is 2.38. The average molecular weight is 284 g/mol. The van der Waals surface area contributed by atoms with Crippen molar-refractivity contribution in [2.75, 3.05) is 19.5 Å². The van der Waals surface area contributed by atoms with E-state index >= 15 is 0 Å². The van der Waals surface area contributed by atoms with Gasteiger partial charge in [-0.1, -0.05) is 32.0 Å². The Labute approximate surface area is 122 Å². The van der Waals surface area contributed by atoms with Gasteiger partial charge in [-0.2, -0.15) is 0 Å². The number of rotatable bonds is 5. The maximum atomic E-state index is 5.27. The monoisotopic (exact) mass is 284 g/mol. The molecule has 1 N–H and O–H groups in total. The highest BCUT2D eigenvalue weighted by atomic mass is 32.2. The van der Waals surface area contributed by atoms with Crippen LogP contribution in [-0.4, -0.2) is 36.2 Å². The summed E-state index contributed by atoms with van der Waals surface area (Å²) in [5.74, 6) is 2.10. The van der Waals surface area contributed by atoms with Gasteiger partial charge in [0.2, 0.25) is 0 Å². The van der Waals surface area contributed by atoms with E-state index in [-0.39, 0.29) is 0 Å². The quantitative estimate of drug-likeness (QED) is 0.839. The largest absolute Gasteiger partial charge is 0.382 e. The molecule has 1 unspecified atom stereocenters. The fourth-order valence-corrected chi connectivity index (χ4v) is 4.32. The number of nitrogens with one attached hydrogen (secondary N) is 1. The molecule has 0 amide bonds. The Morgan fingerprint density at radius 3 is 2.84 bits per heavy atom. The van der Waals surface area contributed by atoms with E-state index in [1.165, 1.54) is 31.4 Å². The molecule has 19 heavy (non-hydrogen) atoms. The van der Waals surface area contributed by atoms with Crippen LogP contribution in [0.25, 0.3) is 0 Å². The van der Waals surface area contributed by atoms with Crippen LogP contribution >= 0.6 is 11.8 Å². The summed E-state index contributed by atoms with van der Waals surface area (Å²) >= 11 is 1.91. The van der Waals surface area contributed by atoms with Crippen molar-refractivity contribution < 1.29 is 4.74 Å². The Morgan fingerprint density at radius 2 is 2.21 bits per heavy atom.